The molecule has 0 fully saturated rings. The highest BCUT2D eigenvalue weighted by Crippen LogP contribution is 2.19. The van der Waals surface area contributed by atoms with Gasteiger partial charge in [-0.25, -0.2) is 26.4 Å². The lowest BCUT2D eigenvalue weighted by Crippen LogP contribution is -2.68. The second kappa shape index (κ2) is 20.2. The average molecular weight is 681 g/mol. The third kappa shape index (κ3) is 13.4. The molecule has 0 aromatic carbocycles. The molecular weight excluding hydrogens is 644 g/mol. The van der Waals surface area contributed by atoms with E-state index in [9.17, 15) is 44.5 Å². The number of carboxylic acids is 3. The van der Waals surface area contributed by atoms with E-state index in [1.54, 1.807) is 0 Å². The fourth-order valence-corrected chi connectivity index (χ4v) is 3.81. The number of aliphatic carboxylic acids is 3. The molecule has 0 saturated carbocycles. The van der Waals surface area contributed by atoms with E-state index < -0.39 is 109 Å². The number of esters is 1. The minimum Gasteiger partial charge on any atom is -0.480 e. The molecule has 2 amide bonds. The van der Waals surface area contributed by atoms with Crippen molar-refractivity contribution < 1.29 is 79.3 Å². The van der Waals surface area contributed by atoms with Crippen molar-refractivity contribution in [2.24, 2.45) is 11.5 Å². The monoisotopic (exact) mass is 680 g/mol. The maximum absolute atomic E-state index is 12.8. The second-order valence-corrected chi connectivity index (χ2v) is 9.49. The molecule has 44 heavy (non-hydrogen) atoms. The lowest BCUT2D eigenvalue weighted by Gasteiger charge is -2.37. The molecule has 22 nitrogen and oxygen atoms in total. The zero-order valence-corrected chi connectivity index (χ0v) is 24.6. The average Bonchev–Trinajstić information content (AvgIpc) is 2.99. The molecule has 0 aromatic heterocycles. The highest BCUT2D eigenvalue weighted by atomic mass is 32.1. The van der Waals surface area contributed by atoms with Crippen molar-refractivity contribution in [3.05, 3.63) is 0 Å². The summed E-state index contributed by atoms with van der Waals surface area (Å²) in [6.45, 7) is -2.17. The van der Waals surface area contributed by atoms with Gasteiger partial charge >= 0.3 is 35.7 Å². The van der Waals surface area contributed by atoms with Gasteiger partial charge in [0.15, 0.2) is 0 Å². The molecule has 0 rings (SSSR count). The van der Waals surface area contributed by atoms with Gasteiger partial charge in [-0.15, -0.1) is 0 Å². The summed E-state index contributed by atoms with van der Waals surface area (Å²) in [5, 5.41) is 63.8. The number of hydrogen-bond donors (Lipinski definition) is 14. The molecule has 0 bridgehead atoms. The Hall–Kier alpha value is -2.88. The summed E-state index contributed by atoms with van der Waals surface area (Å²) in [6, 6.07) is -6.04. The second-order valence-electron chi connectivity index (χ2n) is 8.76. The SMILES string of the molecule is NC(CCC(=O)NC(CS)C(NCC(=O)OC(NCC(=O)O)(OO)C(CS)NC(=O)CCC(N)C(=O)O)(OO)OO)C(=O)O. The highest BCUT2D eigenvalue weighted by molar-refractivity contribution is 7.80. The first-order valence-corrected chi connectivity index (χ1v) is 13.5. The number of nitrogens with two attached hydrogens (primary N) is 2. The number of carboxylic acid groups (broad SMARTS) is 3. The first-order chi connectivity index (χ1) is 20.6. The Morgan fingerprint density at radius 2 is 1.07 bits per heavy atom. The van der Waals surface area contributed by atoms with E-state index >= 15 is 0 Å². The van der Waals surface area contributed by atoms with Gasteiger partial charge in [0.05, 0.1) is 13.1 Å². The lowest BCUT2D eigenvalue weighted by atomic mass is 10.1. The largest absolute Gasteiger partial charge is 0.480 e. The predicted molar refractivity (Wildman–Crippen MR) is 148 cm³/mol. The van der Waals surface area contributed by atoms with Gasteiger partial charge in [-0.2, -0.15) is 39.9 Å². The van der Waals surface area contributed by atoms with Crippen LogP contribution in [0.15, 0.2) is 0 Å². The van der Waals surface area contributed by atoms with E-state index in [0.717, 1.165) is 0 Å². The number of rotatable bonds is 24. The van der Waals surface area contributed by atoms with Crippen molar-refractivity contribution in [1.29, 1.82) is 0 Å². The molecular formula is C20H36N6O16S2. The maximum atomic E-state index is 12.8. The first kappa shape index (κ1) is 41.1. The number of ether oxygens (including phenoxy) is 1. The molecule has 0 aliphatic carbocycles. The Labute approximate surface area is 259 Å². The van der Waals surface area contributed by atoms with E-state index in [4.69, 9.17) is 31.5 Å². The van der Waals surface area contributed by atoms with Crippen LogP contribution in [0.25, 0.3) is 0 Å². The summed E-state index contributed by atoms with van der Waals surface area (Å²) >= 11 is 7.91. The maximum Gasteiger partial charge on any atom is 0.323 e. The standard InChI is InChI=1S/C20H36N6O16S2/c21-9(17(32)33)1-3-13(27)25-11(7-43)19(40-36,23-5-15(29)30)39-16(31)6-24-20(41-37,42-38)12(8-44)26-14(28)4-2-10(22)18(34)35/h9-12,23-24,36-38,43-44H,1-8,21-22H2,(H,25,27)(H,26,28)(H,29,30)(H,32,33)(H,34,35). The molecule has 0 spiro atoms. The van der Waals surface area contributed by atoms with Crippen LogP contribution in [0.3, 0.4) is 0 Å². The summed E-state index contributed by atoms with van der Waals surface area (Å²) < 4.78 is 5.04. The molecule has 0 radical (unpaired) electrons. The molecule has 5 atom stereocenters. The zero-order valence-electron chi connectivity index (χ0n) is 22.8. The Morgan fingerprint density at radius 3 is 1.41 bits per heavy atom. The Bertz CT molecular complexity index is 992. The minimum atomic E-state index is -2.85. The normalized spacial score (nSPS) is 15.6. The summed E-state index contributed by atoms with van der Waals surface area (Å²) in [6.07, 6.45) is -1.57. The first-order valence-electron chi connectivity index (χ1n) is 12.2. The molecule has 5 unspecified atom stereocenters. The number of amides is 2. The fourth-order valence-electron chi connectivity index (χ4n) is 3.15. The summed E-state index contributed by atoms with van der Waals surface area (Å²) in [5.74, 6) is -14.2. The predicted octanol–water partition coefficient (Wildman–Crippen LogP) is -4.22. The number of carbonyl (C=O) groups excluding carboxylic acids is 3. The number of nitrogens with one attached hydrogen (secondary N) is 4. The van der Waals surface area contributed by atoms with Crippen molar-refractivity contribution in [3.63, 3.8) is 0 Å². The van der Waals surface area contributed by atoms with E-state index in [0.29, 0.717) is 0 Å². The van der Waals surface area contributed by atoms with Crippen LogP contribution >= 0.6 is 25.3 Å². The summed E-state index contributed by atoms with van der Waals surface area (Å²) in [5.41, 5.74) is 10.7. The minimum absolute atomic E-state index is 0.311. The van der Waals surface area contributed by atoms with Crippen LogP contribution in [0, 0.1) is 0 Å². The zero-order chi connectivity index (χ0) is 34.1. The van der Waals surface area contributed by atoms with Crippen LogP contribution in [0.2, 0.25) is 0 Å². The molecule has 14 N–H and O–H groups in total. The quantitative estimate of drug-likeness (QED) is 0.0151. The van der Waals surface area contributed by atoms with Gasteiger partial charge in [0.1, 0.15) is 24.2 Å². The van der Waals surface area contributed by atoms with Crippen LogP contribution in [-0.2, 0) is 48.2 Å². The van der Waals surface area contributed by atoms with Crippen LogP contribution < -0.4 is 32.7 Å². The fraction of sp³-hybridized carbons (Fsp3) is 0.700. The van der Waals surface area contributed by atoms with Gasteiger partial charge in [0.25, 0.3) is 0 Å². The third-order valence-corrected chi connectivity index (χ3v) is 6.32. The Kier molecular flexibility index (Phi) is 18.9. The number of hydrogen-bond acceptors (Lipinski definition) is 19. The van der Waals surface area contributed by atoms with Gasteiger partial charge in [0, 0.05) is 24.3 Å². The summed E-state index contributed by atoms with van der Waals surface area (Å²) in [7, 11) is 0. The van der Waals surface area contributed by atoms with Crippen molar-refractivity contribution in [2.45, 2.75) is 61.7 Å². The number of thiol groups is 2. The van der Waals surface area contributed by atoms with Crippen molar-refractivity contribution >= 4 is 60.9 Å². The van der Waals surface area contributed by atoms with Gasteiger partial charge in [-0.3, -0.25) is 28.8 Å². The van der Waals surface area contributed by atoms with Crippen molar-refractivity contribution in [1.82, 2.24) is 21.3 Å². The molecule has 254 valence electrons. The van der Waals surface area contributed by atoms with E-state index in [1.807, 2.05) is 0 Å². The lowest BCUT2D eigenvalue weighted by molar-refractivity contribution is -0.501. The van der Waals surface area contributed by atoms with Gasteiger partial charge < -0.3 is 42.2 Å². The van der Waals surface area contributed by atoms with Crippen molar-refractivity contribution in [3.8, 4) is 0 Å². The Balaban J connectivity index is 5.82. The van der Waals surface area contributed by atoms with Gasteiger partial charge in [0.2, 0.25) is 11.8 Å². The van der Waals surface area contributed by atoms with Crippen LogP contribution in [0.4, 0.5) is 0 Å². The third-order valence-electron chi connectivity index (χ3n) is 5.59. The van der Waals surface area contributed by atoms with Crippen molar-refractivity contribution in [2.75, 3.05) is 24.6 Å². The molecule has 24 heteroatoms. The topological polar surface area (TPSA) is 361 Å². The summed E-state index contributed by atoms with van der Waals surface area (Å²) in [4.78, 5) is 82.8. The molecule has 0 aromatic rings. The van der Waals surface area contributed by atoms with Crippen LogP contribution in [-0.4, -0.2) is 127 Å². The smallest absolute Gasteiger partial charge is 0.323 e. The molecule has 0 aliphatic heterocycles. The Morgan fingerprint density at radius 1 is 0.682 bits per heavy atom. The molecule has 0 saturated heterocycles. The molecule has 0 heterocycles. The number of carbonyl (C=O) groups is 6. The van der Waals surface area contributed by atoms with Crippen LogP contribution in [0.1, 0.15) is 25.7 Å². The van der Waals surface area contributed by atoms with E-state index in [-0.39, 0.29) is 12.8 Å². The van der Waals surface area contributed by atoms with Gasteiger partial charge in [-0.05, 0) is 12.8 Å². The van der Waals surface area contributed by atoms with Gasteiger partial charge in [-0.1, -0.05) is 0 Å². The van der Waals surface area contributed by atoms with Crippen LogP contribution in [0.5, 0.6) is 0 Å². The van der Waals surface area contributed by atoms with E-state index in [2.05, 4.69) is 61.2 Å². The van der Waals surface area contributed by atoms with E-state index in [1.165, 1.54) is 0 Å². The highest BCUT2D eigenvalue weighted by Gasteiger charge is 2.48. The molecule has 0 aliphatic rings.